The Balaban J connectivity index is 1.95. The third-order valence-corrected chi connectivity index (χ3v) is 6.38. The standard InChI is InChI=1S/C29H31ClN2O2/c1-17-13-23(29(5,6)7)24(30)14-22(17)26-25(28-31-18(2)15-34-28)27(19(3)20(4)32-26)33-16-21-11-9-8-10-12-21/h8-15H,16H2,1-7H3. The highest BCUT2D eigenvalue weighted by Gasteiger charge is 2.26. The predicted molar refractivity (Wildman–Crippen MR) is 139 cm³/mol. The molecular weight excluding hydrogens is 444 g/mol. The minimum atomic E-state index is -0.0660. The summed E-state index contributed by atoms with van der Waals surface area (Å²) in [5.41, 5.74) is 8.30. The van der Waals surface area contributed by atoms with Crippen LogP contribution in [-0.4, -0.2) is 9.97 Å². The Morgan fingerprint density at radius 3 is 2.29 bits per heavy atom. The van der Waals surface area contributed by atoms with E-state index in [1.807, 2.05) is 57.2 Å². The van der Waals surface area contributed by atoms with E-state index in [1.54, 1.807) is 6.26 Å². The zero-order valence-electron chi connectivity index (χ0n) is 20.9. The molecule has 4 nitrogen and oxygen atoms in total. The zero-order valence-corrected chi connectivity index (χ0v) is 21.7. The number of nitrogens with zero attached hydrogens (tertiary/aromatic N) is 2. The number of halogens is 1. The van der Waals surface area contributed by atoms with E-state index in [2.05, 4.69) is 38.7 Å². The largest absolute Gasteiger partial charge is 0.488 e. The van der Waals surface area contributed by atoms with Crippen LogP contribution in [0, 0.1) is 27.7 Å². The third kappa shape index (κ3) is 4.74. The van der Waals surface area contributed by atoms with Crippen molar-refractivity contribution in [2.75, 3.05) is 0 Å². The van der Waals surface area contributed by atoms with Crippen LogP contribution in [0.2, 0.25) is 5.02 Å². The lowest BCUT2D eigenvalue weighted by atomic mass is 9.84. The summed E-state index contributed by atoms with van der Waals surface area (Å²) < 4.78 is 12.3. The molecule has 34 heavy (non-hydrogen) atoms. The van der Waals surface area contributed by atoms with Crippen LogP contribution in [0.5, 0.6) is 5.75 Å². The van der Waals surface area contributed by atoms with Crippen LogP contribution in [0.25, 0.3) is 22.7 Å². The van der Waals surface area contributed by atoms with Crippen LogP contribution in [0.4, 0.5) is 0 Å². The van der Waals surface area contributed by atoms with Gasteiger partial charge >= 0.3 is 0 Å². The molecule has 2 aromatic heterocycles. The molecule has 2 heterocycles. The lowest BCUT2D eigenvalue weighted by Gasteiger charge is -2.23. The van der Waals surface area contributed by atoms with Crippen molar-refractivity contribution in [2.24, 2.45) is 0 Å². The van der Waals surface area contributed by atoms with Gasteiger partial charge in [-0.2, -0.15) is 0 Å². The van der Waals surface area contributed by atoms with Gasteiger partial charge in [-0.05, 0) is 55.9 Å². The Kier molecular flexibility index (Phi) is 6.55. The molecule has 0 unspecified atom stereocenters. The Hall–Kier alpha value is -3.11. The highest BCUT2D eigenvalue weighted by atomic mass is 35.5. The van der Waals surface area contributed by atoms with Crippen molar-refractivity contribution in [3.63, 3.8) is 0 Å². The molecule has 5 heteroatoms. The van der Waals surface area contributed by atoms with Gasteiger partial charge in [0.1, 0.15) is 24.2 Å². The molecule has 2 aromatic carbocycles. The van der Waals surface area contributed by atoms with Crippen LogP contribution in [0.15, 0.2) is 53.1 Å². The smallest absolute Gasteiger partial charge is 0.232 e. The Bertz CT molecular complexity index is 1330. The summed E-state index contributed by atoms with van der Waals surface area (Å²) >= 11 is 6.79. The summed E-state index contributed by atoms with van der Waals surface area (Å²) in [6, 6.07) is 14.3. The number of aromatic nitrogens is 2. The Morgan fingerprint density at radius 1 is 0.971 bits per heavy atom. The zero-order chi connectivity index (χ0) is 24.6. The Morgan fingerprint density at radius 2 is 1.68 bits per heavy atom. The molecule has 0 radical (unpaired) electrons. The van der Waals surface area contributed by atoms with Crippen LogP contribution >= 0.6 is 11.6 Å². The lowest BCUT2D eigenvalue weighted by molar-refractivity contribution is 0.304. The number of ether oxygens (including phenoxy) is 1. The maximum Gasteiger partial charge on any atom is 0.232 e. The molecule has 0 spiro atoms. The van der Waals surface area contributed by atoms with Crippen molar-refractivity contribution in [1.29, 1.82) is 0 Å². The van der Waals surface area contributed by atoms with E-state index in [4.69, 9.17) is 25.7 Å². The third-order valence-electron chi connectivity index (χ3n) is 6.06. The predicted octanol–water partition coefficient (Wildman–Crippen LogP) is 8.17. The average Bonchev–Trinajstić information content (AvgIpc) is 3.21. The summed E-state index contributed by atoms with van der Waals surface area (Å²) in [6.07, 6.45) is 1.65. The second-order valence-corrected chi connectivity index (χ2v) is 10.2. The molecule has 4 rings (SSSR count). The monoisotopic (exact) mass is 474 g/mol. The molecule has 176 valence electrons. The normalized spacial score (nSPS) is 11.6. The van der Waals surface area contributed by atoms with Gasteiger partial charge in [-0.25, -0.2) is 4.98 Å². The van der Waals surface area contributed by atoms with Gasteiger partial charge < -0.3 is 9.15 Å². The van der Waals surface area contributed by atoms with E-state index in [0.717, 1.165) is 61.2 Å². The number of pyridine rings is 1. The van der Waals surface area contributed by atoms with Gasteiger partial charge in [-0.1, -0.05) is 68.8 Å². The minimum absolute atomic E-state index is 0.0660. The molecular formula is C29H31ClN2O2. The first kappa shape index (κ1) is 24.0. The maximum absolute atomic E-state index is 6.79. The van der Waals surface area contributed by atoms with Crippen molar-refractivity contribution in [3.05, 3.63) is 87.4 Å². The van der Waals surface area contributed by atoms with E-state index < -0.39 is 0 Å². The fourth-order valence-electron chi connectivity index (χ4n) is 4.05. The van der Waals surface area contributed by atoms with Gasteiger partial charge in [0.15, 0.2) is 0 Å². The van der Waals surface area contributed by atoms with Crippen LogP contribution in [-0.2, 0) is 12.0 Å². The summed E-state index contributed by atoms with van der Waals surface area (Å²) in [5, 5.41) is 0.717. The number of hydrogen-bond acceptors (Lipinski definition) is 4. The van der Waals surface area contributed by atoms with Crippen molar-refractivity contribution in [2.45, 2.75) is 60.5 Å². The fraction of sp³-hybridized carbons (Fsp3) is 0.310. The number of oxazole rings is 1. The maximum atomic E-state index is 6.79. The lowest BCUT2D eigenvalue weighted by Crippen LogP contribution is -2.12. The van der Waals surface area contributed by atoms with Gasteiger partial charge in [-0.15, -0.1) is 0 Å². The van der Waals surface area contributed by atoms with E-state index >= 15 is 0 Å². The number of hydrogen-bond donors (Lipinski definition) is 0. The SMILES string of the molecule is Cc1coc(-c2c(-c3cc(Cl)c(C(C)(C)C)cc3C)nc(C)c(C)c2OCc2ccccc2)n1. The quantitative estimate of drug-likeness (QED) is 0.292. The summed E-state index contributed by atoms with van der Waals surface area (Å²) in [5.74, 6) is 1.21. The van der Waals surface area contributed by atoms with Crippen molar-refractivity contribution >= 4 is 11.6 Å². The first-order valence-corrected chi connectivity index (χ1v) is 11.9. The fourth-order valence-corrected chi connectivity index (χ4v) is 4.50. The number of rotatable bonds is 5. The highest BCUT2D eigenvalue weighted by Crippen LogP contribution is 2.44. The molecule has 0 aliphatic carbocycles. The summed E-state index contributed by atoms with van der Waals surface area (Å²) in [7, 11) is 0. The van der Waals surface area contributed by atoms with E-state index in [0.29, 0.717) is 12.5 Å². The van der Waals surface area contributed by atoms with Crippen LogP contribution in [0.1, 0.15) is 54.4 Å². The number of aryl methyl sites for hydroxylation is 3. The van der Waals surface area contributed by atoms with Gasteiger partial charge in [0.25, 0.3) is 0 Å². The minimum Gasteiger partial charge on any atom is -0.488 e. The molecule has 0 amide bonds. The van der Waals surface area contributed by atoms with E-state index in [1.165, 1.54) is 0 Å². The highest BCUT2D eigenvalue weighted by molar-refractivity contribution is 6.31. The molecule has 0 saturated heterocycles. The topological polar surface area (TPSA) is 48.2 Å². The van der Waals surface area contributed by atoms with E-state index in [9.17, 15) is 0 Å². The van der Waals surface area contributed by atoms with E-state index in [-0.39, 0.29) is 5.41 Å². The van der Waals surface area contributed by atoms with Crippen LogP contribution in [0.3, 0.4) is 0 Å². The van der Waals surface area contributed by atoms with Crippen LogP contribution < -0.4 is 4.74 Å². The molecule has 0 bridgehead atoms. The second kappa shape index (κ2) is 9.27. The van der Waals surface area contributed by atoms with Crippen molar-refractivity contribution in [1.82, 2.24) is 9.97 Å². The molecule has 4 aromatic rings. The summed E-state index contributed by atoms with van der Waals surface area (Å²) in [4.78, 5) is 9.64. The average molecular weight is 475 g/mol. The molecule has 0 N–H and O–H groups in total. The summed E-state index contributed by atoms with van der Waals surface area (Å²) in [6.45, 7) is 14.9. The first-order valence-electron chi connectivity index (χ1n) is 11.5. The number of benzene rings is 2. The molecule has 0 saturated carbocycles. The van der Waals surface area contributed by atoms with Gasteiger partial charge in [0.05, 0.1) is 11.4 Å². The van der Waals surface area contributed by atoms with Gasteiger partial charge in [-0.3, -0.25) is 4.98 Å². The second-order valence-electron chi connectivity index (χ2n) is 9.84. The van der Waals surface area contributed by atoms with Crippen molar-refractivity contribution < 1.29 is 9.15 Å². The first-order chi connectivity index (χ1) is 16.1. The molecule has 0 aliphatic rings. The van der Waals surface area contributed by atoms with Crippen molar-refractivity contribution in [3.8, 4) is 28.5 Å². The molecule has 0 aliphatic heterocycles. The Labute approximate surface area is 207 Å². The van der Waals surface area contributed by atoms with Gasteiger partial charge in [0.2, 0.25) is 5.89 Å². The van der Waals surface area contributed by atoms with Gasteiger partial charge in [0, 0.05) is 21.8 Å². The molecule has 0 fully saturated rings. The molecule has 0 atom stereocenters.